The fourth-order valence-corrected chi connectivity index (χ4v) is 3.91. The van der Waals surface area contributed by atoms with Gasteiger partial charge in [0.15, 0.2) is 0 Å². The van der Waals surface area contributed by atoms with Gasteiger partial charge in [-0.2, -0.15) is 0 Å². The summed E-state index contributed by atoms with van der Waals surface area (Å²) in [4.78, 5) is 17.2. The summed E-state index contributed by atoms with van der Waals surface area (Å²) < 4.78 is 5.87. The molecule has 0 radical (unpaired) electrons. The van der Waals surface area contributed by atoms with Crippen LogP contribution in [0.1, 0.15) is 29.9 Å². The molecule has 0 spiro atoms. The Kier molecular flexibility index (Phi) is 5.97. The quantitative estimate of drug-likeness (QED) is 0.696. The molecule has 0 saturated carbocycles. The average molecular weight is 392 g/mol. The van der Waals surface area contributed by atoms with E-state index < -0.39 is 0 Å². The van der Waals surface area contributed by atoms with E-state index in [1.54, 1.807) is 0 Å². The molecular weight excluding hydrogens is 362 g/mol. The van der Waals surface area contributed by atoms with Crippen molar-refractivity contribution in [1.29, 1.82) is 0 Å². The molecule has 1 atom stereocenters. The molecular formula is C24H29N3O2. The summed E-state index contributed by atoms with van der Waals surface area (Å²) in [5.41, 5.74) is 3.58. The minimum Gasteiger partial charge on any atom is -0.459 e. The van der Waals surface area contributed by atoms with Crippen molar-refractivity contribution >= 4 is 16.9 Å². The molecule has 1 fully saturated rings. The van der Waals surface area contributed by atoms with Gasteiger partial charge in [0.05, 0.1) is 12.6 Å². The molecule has 0 bridgehead atoms. The second kappa shape index (κ2) is 8.80. The second-order valence-corrected chi connectivity index (χ2v) is 7.95. The highest BCUT2D eigenvalue weighted by molar-refractivity contribution is 5.80. The Balaban J connectivity index is 1.25. The minimum atomic E-state index is -0.141. The van der Waals surface area contributed by atoms with Gasteiger partial charge in [-0.3, -0.25) is 14.6 Å². The molecule has 1 amide bonds. The lowest BCUT2D eigenvalue weighted by Gasteiger charge is -2.34. The molecule has 4 rings (SSSR count). The molecule has 152 valence electrons. The second-order valence-electron chi connectivity index (χ2n) is 7.95. The van der Waals surface area contributed by atoms with Crippen LogP contribution in [0, 0.1) is 6.92 Å². The van der Waals surface area contributed by atoms with Gasteiger partial charge in [0.1, 0.15) is 11.3 Å². The van der Waals surface area contributed by atoms with Gasteiger partial charge in [-0.1, -0.05) is 42.5 Å². The van der Waals surface area contributed by atoms with Gasteiger partial charge in [-0.25, -0.2) is 0 Å². The van der Waals surface area contributed by atoms with E-state index in [-0.39, 0.29) is 11.9 Å². The number of fused-ring (bicyclic) bond motifs is 1. The zero-order valence-corrected chi connectivity index (χ0v) is 17.2. The first kappa shape index (κ1) is 19.7. The van der Waals surface area contributed by atoms with Crippen LogP contribution in [0.2, 0.25) is 0 Å². The van der Waals surface area contributed by atoms with Crippen LogP contribution >= 0.6 is 0 Å². The summed E-state index contributed by atoms with van der Waals surface area (Å²) in [5.74, 6) is 0.841. The van der Waals surface area contributed by atoms with Crippen molar-refractivity contribution in [2.75, 3.05) is 32.7 Å². The van der Waals surface area contributed by atoms with Crippen molar-refractivity contribution in [3.05, 3.63) is 71.5 Å². The van der Waals surface area contributed by atoms with Crippen molar-refractivity contribution < 1.29 is 9.21 Å². The zero-order valence-electron chi connectivity index (χ0n) is 17.2. The fraction of sp³-hybridized carbons (Fsp3) is 0.375. The van der Waals surface area contributed by atoms with E-state index in [0.717, 1.165) is 49.5 Å². The smallest absolute Gasteiger partial charge is 0.234 e. The molecule has 3 aromatic rings. The first-order valence-electron chi connectivity index (χ1n) is 10.4. The molecule has 1 N–H and O–H groups in total. The van der Waals surface area contributed by atoms with Crippen LogP contribution in [-0.4, -0.2) is 48.4 Å². The number of amides is 1. The number of hydrogen-bond acceptors (Lipinski definition) is 4. The topological polar surface area (TPSA) is 48.7 Å². The number of para-hydroxylation sites is 1. The van der Waals surface area contributed by atoms with Crippen LogP contribution in [0.4, 0.5) is 0 Å². The fourth-order valence-electron chi connectivity index (χ4n) is 3.91. The number of nitrogens with one attached hydrogen (secondary N) is 1. The Hall–Kier alpha value is -2.63. The van der Waals surface area contributed by atoms with E-state index in [1.165, 1.54) is 11.1 Å². The third-order valence-electron chi connectivity index (χ3n) is 5.74. The molecule has 0 aliphatic carbocycles. The summed E-state index contributed by atoms with van der Waals surface area (Å²) >= 11 is 0. The Morgan fingerprint density at radius 2 is 1.72 bits per heavy atom. The first-order chi connectivity index (χ1) is 14.1. The minimum absolute atomic E-state index is 0.0466. The van der Waals surface area contributed by atoms with Crippen molar-refractivity contribution in [2.45, 2.75) is 26.4 Å². The van der Waals surface area contributed by atoms with Crippen molar-refractivity contribution in [3.63, 3.8) is 0 Å². The lowest BCUT2D eigenvalue weighted by atomic mass is 10.1. The molecule has 1 aromatic heterocycles. The molecule has 5 heteroatoms. The number of furan rings is 1. The number of carbonyl (C=O) groups is 1. The summed E-state index contributed by atoms with van der Waals surface area (Å²) in [6.07, 6.45) is 0. The summed E-state index contributed by atoms with van der Waals surface area (Å²) in [7, 11) is 0. The van der Waals surface area contributed by atoms with E-state index in [4.69, 9.17) is 4.42 Å². The average Bonchev–Trinajstić information content (AvgIpc) is 3.16. The van der Waals surface area contributed by atoms with Gasteiger partial charge in [-0.15, -0.1) is 0 Å². The number of aryl methyl sites for hydroxylation is 1. The van der Waals surface area contributed by atoms with Crippen LogP contribution in [0.5, 0.6) is 0 Å². The lowest BCUT2D eigenvalue weighted by molar-refractivity contribution is -0.123. The Labute approximate surface area is 172 Å². The van der Waals surface area contributed by atoms with Crippen LogP contribution in [0.3, 0.4) is 0 Å². The van der Waals surface area contributed by atoms with E-state index in [0.29, 0.717) is 6.54 Å². The summed E-state index contributed by atoms with van der Waals surface area (Å²) in [6.45, 7) is 9.35. The van der Waals surface area contributed by atoms with Gasteiger partial charge in [-0.05, 0) is 37.1 Å². The number of hydrogen-bond donors (Lipinski definition) is 1. The summed E-state index contributed by atoms with van der Waals surface area (Å²) in [5, 5.41) is 4.14. The third-order valence-corrected chi connectivity index (χ3v) is 5.74. The Morgan fingerprint density at radius 3 is 2.48 bits per heavy atom. The van der Waals surface area contributed by atoms with Crippen LogP contribution in [-0.2, 0) is 11.3 Å². The lowest BCUT2D eigenvalue weighted by Crippen LogP contribution is -2.49. The number of carbonyl (C=O) groups excluding carboxylic acids is 1. The van der Waals surface area contributed by atoms with E-state index in [2.05, 4.69) is 46.3 Å². The molecule has 2 heterocycles. The van der Waals surface area contributed by atoms with Gasteiger partial charge in [0.25, 0.3) is 0 Å². The molecule has 5 nitrogen and oxygen atoms in total. The third kappa shape index (κ3) is 4.86. The largest absolute Gasteiger partial charge is 0.459 e. The van der Waals surface area contributed by atoms with E-state index in [9.17, 15) is 4.79 Å². The van der Waals surface area contributed by atoms with Gasteiger partial charge >= 0.3 is 0 Å². The van der Waals surface area contributed by atoms with Gasteiger partial charge in [0, 0.05) is 38.1 Å². The number of piperazine rings is 1. The maximum Gasteiger partial charge on any atom is 0.234 e. The number of rotatable bonds is 6. The molecule has 2 aromatic carbocycles. The van der Waals surface area contributed by atoms with E-state index >= 15 is 0 Å². The normalized spacial score (nSPS) is 16.8. The monoisotopic (exact) mass is 391 g/mol. The number of benzene rings is 2. The predicted octanol–water partition coefficient (Wildman–Crippen LogP) is 3.74. The molecule has 1 aliphatic rings. The van der Waals surface area contributed by atoms with Crippen molar-refractivity contribution in [1.82, 2.24) is 15.1 Å². The van der Waals surface area contributed by atoms with Gasteiger partial charge in [0.2, 0.25) is 5.91 Å². The van der Waals surface area contributed by atoms with Crippen molar-refractivity contribution in [2.24, 2.45) is 0 Å². The number of nitrogens with zero attached hydrogens (tertiary/aromatic N) is 2. The Morgan fingerprint density at radius 1 is 1.03 bits per heavy atom. The predicted molar refractivity (Wildman–Crippen MR) is 116 cm³/mol. The first-order valence-corrected chi connectivity index (χ1v) is 10.4. The van der Waals surface area contributed by atoms with Crippen LogP contribution in [0.25, 0.3) is 11.0 Å². The van der Waals surface area contributed by atoms with Crippen LogP contribution in [0.15, 0.2) is 59.0 Å². The standard InChI is InChI=1S/C24H29N3O2/c1-18-7-3-4-9-21(18)16-26-11-13-27(14-12-26)17-24(28)25-19(2)23-15-20-8-5-6-10-22(20)29-23/h3-10,15,19H,11-14,16-17H2,1-2H3,(H,25,28)/t19-/m0/s1. The van der Waals surface area contributed by atoms with E-state index in [1.807, 2.05) is 37.3 Å². The molecule has 0 unspecified atom stereocenters. The van der Waals surface area contributed by atoms with Crippen LogP contribution < -0.4 is 5.32 Å². The molecule has 1 saturated heterocycles. The summed E-state index contributed by atoms with van der Waals surface area (Å²) in [6, 6.07) is 18.3. The maximum absolute atomic E-state index is 12.5. The SMILES string of the molecule is Cc1ccccc1CN1CCN(CC(=O)N[C@@H](C)c2cc3ccccc3o2)CC1. The highest BCUT2D eigenvalue weighted by Gasteiger charge is 2.21. The van der Waals surface area contributed by atoms with Gasteiger partial charge < -0.3 is 9.73 Å². The molecule has 29 heavy (non-hydrogen) atoms. The highest BCUT2D eigenvalue weighted by atomic mass is 16.3. The maximum atomic E-state index is 12.5. The Bertz CT molecular complexity index is 940. The zero-order chi connectivity index (χ0) is 20.2. The highest BCUT2D eigenvalue weighted by Crippen LogP contribution is 2.23. The van der Waals surface area contributed by atoms with Crippen molar-refractivity contribution in [3.8, 4) is 0 Å². The molecule has 1 aliphatic heterocycles.